The van der Waals surface area contributed by atoms with E-state index in [4.69, 9.17) is 4.74 Å². The van der Waals surface area contributed by atoms with Gasteiger partial charge in [0.05, 0.1) is 18.3 Å². The normalized spacial score (nSPS) is 12.7. The van der Waals surface area contributed by atoms with Gasteiger partial charge < -0.3 is 15.4 Å². The number of amides is 1. The fraction of sp³-hybridized carbons (Fsp3) is 0.739. The predicted molar refractivity (Wildman–Crippen MR) is 551 cm³/mol. The Bertz CT molecular complexity index is 4440. The summed E-state index contributed by atoms with van der Waals surface area (Å²) >= 11 is 17.9. The minimum absolute atomic E-state index is 0.108. The van der Waals surface area contributed by atoms with Gasteiger partial charge in [0.25, 0.3) is 5.19 Å². The molecular weight excluding hydrogens is 1830 g/mol. The Labute approximate surface area is 818 Å². The lowest BCUT2D eigenvalue weighted by molar-refractivity contribution is -0.114. The zero-order valence-electron chi connectivity index (χ0n) is 85.9. The minimum Gasteiger partial charge on any atom is -0.472 e. The number of halogens is 1. The van der Waals surface area contributed by atoms with Crippen molar-refractivity contribution in [1.82, 2.24) is 107 Å². The zero-order valence-corrected chi connectivity index (χ0v) is 94.8. The highest BCUT2D eigenvalue weighted by molar-refractivity contribution is 7.16. The Balaban J connectivity index is 0.000000481. The van der Waals surface area contributed by atoms with Crippen LogP contribution in [0.15, 0.2) is 16.4 Å². The van der Waals surface area contributed by atoms with Crippen molar-refractivity contribution in [3.63, 3.8) is 0 Å². The van der Waals surface area contributed by atoms with Gasteiger partial charge in [-0.3, -0.25) is 4.79 Å². The maximum absolute atomic E-state index is 12.8. The molecule has 2 N–H and O–H groups in total. The van der Waals surface area contributed by atoms with Crippen molar-refractivity contribution in [2.24, 2.45) is 59.6 Å². The highest BCUT2D eigenvalue weighted by Gasteiger charge is 2.29. The van der Waals surface area contributed by atoms with Crippen molar-refractivity contribution in [1.29, 1.82) is 0 Å². The molecule has 0 saturated heterocycles. The van der Waals surface area contributed by atoms with Gasteiger partial charge in [-0.15, -0.1) is 181 Å². The van der Waals surface area contributed by atoms with E-state index in [2.05, 4.69) is 358 Å². The fourth-order valence-corrected chi connectivity index (χ4v) is 21.0. The number of rotatable bonds is 17. The summed E-state index contributed by atoms with van der Waals surface area (Å²) in [4.78, 5) is 15.0. The van der Waals surface area contributed by atoms with Gasteiger partial charge in [-0.1, -0.05) is 281 Å². The van der Waals surface area contributed by atoms with E-state index < -0.39 is 6.17 Å². The lowest BCUT2D eigenvalue weighted by atomic mass is 9.91. The highest BCUT2D eigenvalue weighted by Crippen LogP contribution is 2.42. The van der Waals surface area contributed by atoms with Gasteiger partial charge in [0, 0.05) is 89.5 Å². The number of nitrogens with one attached hydrogen (secondary N) is 2. The van der Waals surface area contributed by atoms with E-state index in [9.17, 15) is 9.18 Å². The van der Waals surface area contributed by atoms with Gasteiger partial charge in [-0.2, -0.15) is 0 Å². The molecule has 129 heavy (non-hydrogen) atoms. The van der Waals surface area contributed by atoms with Crippen molar-refractivity contribution >= 4 is 141 Å². The van der Waals surface area contributed by atoms with Gasteiger partial charge in [0.2, 0.25) is 16.2 Å². The van der Waals surface area contributed by atoms with Crippen LogP contribution in [0.1, 0.15) is 360 Å². The summed E-state index contributed by atoms with van der Waals surface area (Å²) in [5, 5.41) is 107. The zero-order chi connectivity index (χ0) is 98.5. The maximum Gasteiger partial charge on any atom is 0.293 e. The number of alkyl halides is 1. The summed E-state index contributed by atoms with van der Waals surface area (Å²) in [7, 11) is 3.47. The molecular formula is C92H158FN23O2S11. The van der Waals surface area contributed by atoms with Gasteiger partial charge in [-0.05, 0) is 113 Å². The third-order valence-corrected chi connectivity index (χ3v) is 25.0. The molecule has 1 aliphatic rings. The first-order valence-electron chi connectivity index (χ1n) is 44.0. The standard InChI is InChI=1S/C10H16N2S.C9H15FN2S.C9H15N3OS.C9H16N2S.C8H15N3S.C8H14N2OS.3C8H14N2S.C8H13NS.C7H12N2S/c1-10(2,3)6-8-11-12-9(13-8)7-4-5-7;1-6(10)8-12-11-7(13-8)5-9(2,3)4;1-6(13)10-8-12-11-7(14-8)5-9(2,3)4;1-5-7-10-11-8(12-7)6-9(2,3)4;1-8(2,3)5-6-10-11-7(9-4)12-6;1-8(2,3)5-6-9-10-7(11-4)12-6;3*1-6-9-10-7(11-6)5-8(2,3)4;1-8(2,3)4-7-5-10-6-9-7;1-7(2,3)4-6-9-8-5-10-6/h7H,4-6H2,1-3H3;6H,5H2,1-4H3;5H2,1-4H3,(H,10,12,13);5-6H2,1-4H3;5H2,1-4H3,(H,9,11);5H2,1-4H3;3*5H2,1-4H3;5-6H,4H2,1-3H3;5H,4H2,1-3H3. The van der Waals surface area contributed by atoms with E-state index in [-0.39, 0.29) is 22.2 Å². The Kier molecular flexibility index (Phi) is 50.6. The van der Waals surface area contributed by atoms with E-state index in [0.29, 0.717) is 58.7 Å². The number of nitrogens with zero attached hydrogens (tertiary/aromatic N) is 21. The highest BCUT2D eigenvalue weighted by atomic mass is 32.1. The third-order valence-electron chi connectivity index (χ3n) is 15.2. The van der Waals surface area contributed by atoms with E-state index in [0.717, 1.165) is 148 Å². The number of carbonyl (C=O) groups is 1. The predicted octanol–water partition coefficient (Wildman–Crippen LogP) is 27.4. The summed E-state index contributed by atoms with van der Waals surface area (Å²) in [6.45, 7) is 83.6. The summed E-state index contributed by atoms with van der Waals surface area (Å²) in [5.41, 5.74) is 8.18. The van der Waals surface area contributed by atoms with Crippen LogP contribution in [-0.4, -0.2) is 127 Å². The molecule has 37 heteroatoms. The van der Waals surface area contributed by atoms with Crippen LogP contribution in [0.25, 0.3) is 0 Å². The Hall–Kier alpha value is -5.77. The number of methoxy groups -OCH3 is 1. The number of aryl methyl sites for hydroxylation is 4. The molecule has 1 fully saturated rings. The van der Waals surface area contributed by atoms with E-state index >= 15 is 0 Å². The molecule has 1 unspecified atom stereocenters. The first-order chi connectivity index (χ1) is 58.9. The average molecular weight is 1990 g/mol. The smallest absolute Gasteiger partial charge is 0.293 e. The summed E-state index contributed by atoms with van der Waals surface area (Å²) < 4.78 is 17.7. The Morgan fingerprint density at radius 3 is 0.992 bits per heavy atom. The van der Waals surface area contributed by atoms with E-state index in [1.807, 2.05) is 44.7 Å². The van der Waals surface area contributed by atoms with Gasteiger partial charge in [0.1, 0.15) is 80.6 Å². The number of ether oxygens (including phenoxy) is 1. The summed E-state index contributed by atoms with van der Waals surface area (Å²) in [6.07, 6.45) is 13.6. The molecule has 726 valence electrons. The molecule has 0 aromatic carbocycles. The third kappa shape index (κ3) is 64.7. The minimum atomic E-state index is -0.994. The molecule has 11 aromatic heterocycles. The molecule has 25 nitrogen and oxygen atoms in total. The number of hydrogen-bond acceptors (Lipinski definition) is 35. The van der Waals surface area contributed by atoms with Crippen LogP contribution in [0, 0.1) is 80.3 Å². The first kappa shape index (κ1) is 119. The number of aromatic nitrogens is 21. The average Bonchev–Trinajstić information content (AvgIpc) is 1.69. The fourth-order valence-electron chi connectivity index (χ4n) is 10.1. The number of thiazole rings is 1. The summed E-state index contributed by atoms with van der Waals surface area (Å²) in [6, 6.07) is 0. The molecule has 11 aromatic rings. The molecule has 12 rings (SSSR count). The first-order valence-corrected chi connectivity index (χ1v) is 53.1. The molecule has 1 aliphatic carbocycles. The van der Waals surface area contributed by atoms with Gasteiger partial charge in [-0.25, -0.2) is 9.37 Å². The second kappa shape index (κ2) is 54.7. The van der Waals surface area contributed by atoms with E-state index in [1.165, 1.54) is 81.4 Å². The Morgan fingerprint density at radius 2 is 0.698 bits per heavy atom. The molecule has 11 heterocycles. The second-order valence-corrected chi connectivity index (χ2v) is 57.0. The van der Waals surface area contributed by atoms with E-state index in [1.54, 1.807) is 92.0 Å². The van der Waals surface area contributed by atoms with Gasteiger partial charge >= 0.3 is 0 Å². The molecule has 1 amide bonds. The number of hydrogen-bond donors (Lipinski definition) is 2. The maximum atomic E-state index is 12.8. The SMILES string of the molecule is CC(=O)Nc1nnc(CC(C)(C)C)s1.CC(C)(C)Cc1cscn1.CC(C)(C)Cc1nnc(C2CC2)s1.CC(C)(C)Cc1nncs1.CC(F)c1nnc(CC(C)(C)C)s1.CCc1nnc(CC(C)(C)C)s1.CNc1nnc(CC(C)(C)C)s1.COc1nnc(CC(C)(C)C)s1.Cc1nnc(CC(C)(C)C)s1.Cc1nnc(CC(C)(C)C)s1.Cc1nnc(CC(C)(C)C)s1. The quantitative estimate of drug-likeness (QED) is 0.0855. The van der Waals surface area contributed by atoms with Crippen LogP contribution < -0.4 is 15.4 Å². The molecule has 1 atom stereocenters. The van der Waals surface area contributed by atoms with Crippen molar-refractivity contribution < 1.29 is 13.9 Å². The van der Waals surface area contributed by atoms with Gasteiger partial charge in [0.15, 0.2) is 11.2 Å². The monoisotopic (exact) mass is 1990 g/mol. The van der Waals surface area contributed by atoms with Crippen LogP contribution in [0.2, 0.25) is 0 Å². The van der Waals surface area contributed by atoms with Crippen molar-refractivity contribution in [2.75, 3.05) is 24.8 Å². The largest absolute Gasteiger partial charge is 0.472 e. The Morgan fingerprint density at radius 1 is 0.380 bits per heavy atom. The second-order valence-electron chi connectivity index (χ2n) is 45.1. The van der Waals surface area contributed by atoms with Crippen molar-refractivity contribution in [2.45, 2.75) is 372 Å². The van der Waals surface area contributed by atoms with Crippen LogP contribution in [-0.2, 0) is 81.8 Å². The lowest BCUT2D eigenvalue weighted by Crippen LogP contribution is -2.08. The number of anilines is 2. The molecule has 0 radical (unpaired) electrons. The lowest BCUT2D eigenvalue weighted by Gasteiger charge is -2.15. The van der Waals surface area contributed by atoms with Crippen molar-refractivity contribution in [3.8, 4) is 5.19 Å². The van der Waals surface area contributed by atoms with Crippen LogP contribution >= 0.6 is 125 Å². The molecule has 1 saturated carbocycles. The molecule has 0 bridgehead atoms. The van der Waals surface area contributed by atoms with Crippen LogP contribution in [0.5, 0.6) is 5.19 Å². The molecule has 0 aliphatic heterocycles. The molecule has 0 spiro atoms. The van der Waals surface area contributed by atoms with Crippen LogP contribution in [0.4, 0.5) is 14.7 Å². The topological polar surface area (TPSA) is 321 Å². The number of carbonyl (C=O) groups excluding carboxylic acids is 1. The van der Waals surface area contributed by atoms with Crippen LogP contribution in [0.3, 0.4) is 0 Å². The van der Waals surface area contributed by atoms with Crippen molar-refractivity contribution in [3.05, 3.63) is 102 Å². The summed E-state index contributed by atoms with van der Waals surface area (Å²) in [5.74, 6) is 0.648.